The van der Waals surface area contributed by atoms with Crippen LogP contribution >= 0.6 is 11.3 Å². The van der Waals surface area contributed by atoms with Crippen LogP contribution < -0.4 is 4.57 Å². The number of aliphatic hydroxyl groups excluding tert-OH is 1. The molecule has 1 radical (unpaired) electrons. The van der Waals surface area contributed by atoms with Gasteiger partial charge in [-0.2, -0.15) is 12.5 Å². The van der Waals surface area contributed by atoms with Gasteiger partial charge in [-0.25, -0.2) is 0 Å². The number of rotatable bonds is 9. The molecule has 1 N–H and O–H groups in total. The van der Waals surface area contributed by atoms with E-state index >= 15 is 0 Å². The summed E-state index contributed by atoms with van der Waals surface area (Å²) in [5.41, 5.74) is 7.59. The molecule has 0 atom stereocenters. The van der Waals surface area contributed by atoms with Crippen LogP contribution in [-0.2, 0) is 36.7 Å². The fourth-order valence-electron chi connectivity index (χ4n) is 6.77. The van der Waals surface area contributed by atoms with Gasteiger partial charge >= 0.3 is 0 Å². The SMILES string of the molecule is CCC(CC)C(=O)/C=C(\O)C(CC)CC.[CH2-]c1c(-c2c3sc4c(C)c(CC)ccc4c3cc[n+]2[CH2-])cc(C(C)(C)C)c2ccccc12.[Ir]. The Morgan fingerprint density at radius 3 is 2.02 bits per heavy atom. The number of aromatic nitrogens is 1. The number of fused-ring (bicyclic) bond motifs is 4. The minimum absolute atomic E-state index is 0. The molecule has 0 amide bonds. The summed E-state index contributed by atoms with van der Waals surface area (Å²) in [7, 11) is 4.38. The number of pyridine rings is 1. The van der Waals surface area contributed by atoms with E-state index in [9.17, 15) is 9.90 Å². The predicted octanol–water partition coefficient (Wildman–Crippen LogP) is 12.0. The summed E-state index contributed by atoms with van der Waals surface area (Å²) in [5, 5.41) is 14.9. The standard InChI is InChI=1S/C30H30NS.C13H24O2.Ir/c1-8-20-13-14-23-24-15-16-31(7)27(29(24)32-28(23)18(20)2)25-17-26(30(4,5)6)22-12-10-9-11-21(22)19(25)3;1-5-10(6-2)12(14)9-13(15)11(7-3)8-4;/h9-17H,3,7-8H2,1-2,4-6H3;9-11,14H,5-8H2,1-4H3;/q-1;;/b;12-9-;. The van der Waals surface area contributed by atoms with E-state index in [4.69, 9.17) is 0 Å². The van der Waals surface area contributed by atoms with Crippen molar-refractivity contribution in [1.29, 1.82) is 0 Å². The van der Waals surface area contributed by atoms with Crippen LogP contribution in [-0.4, -0.2) is 10.9 Å². The van der Waals surface area contributed by atoms with Crippen LogP contribution in [0.2, 0.25) is 0 Å². The number of carbonyl (C=O) groups excluding carboxylic acids is 1. The number of carbonyl (C=O) groups is 1. The Morgan fingerprint density at radius 2 is 1.46 bits per heavy atom. The van der Waals surface area contributed by atoms with Gasteiger partial charge in [0, 0.05) is 54.5 Å². The number of hydrogen-bond donors (Lipinski definition) is 1. The molecule has 5 heteroatoms. The van der Waals surface area contributed by atoms with E-state index in [2.05, 4.69) is 103 Å². The summed E-state index contributed by atoms with van der Waals surface area (Å²) in [6.07, 6.45) is 8.06. The van der Waals surface area contributed by atoms with Gasteiger partial charge in [0.15, 0.2) is 5.78 Å². The number of ketones is 1. The van der Waals surface area contributed by atoms with Gasteiger partial charge in [0.2, 0.25) is 0 Å². The van der Waals surface area contributed by atoms with E-state index in [1.807, 2.05) is 43.6 Å². The number of aliphatic hydroxyl groups is 1. The molecule has 2 heterocycles. The van der Waals surface area contributed by atoms with Crippen molar-refractivity contribution >= 4 is 48.1 Å². The van der Waals surface area contributed by atoms with Crippen LogP contribution in [0.5, 0.6) is 0 Å². The fourth-order valence-corrected chi connectivity index (χ4v) is 8.16. The van der Waals surface area contributed by atoms with Gasteiger partial charge in [0.1, 0.15) is 0 Å². The Hall–Kier alpha value is -3.11. The zero-order valence-electron chi connectivity index (χ0n) is 30.4. The molecule has 0 bridgehead atoms. The van der Waals surface area contributed by atoms with E-state index in [0.29, 0.717) is 0 Å². The Bertz CT molecular complexity index is 1920. The van der Waals surface area contributed by atoms with Crippen molar-refractivity contribution in [2.45, 2.75) is 99.8 Å². The van der Waals surface area contributed by atoms with Crippen molar-refractivity contribution in [2.24, 2.45) is 11.8 Å². The van der Waals surface area contributed by atoms with Crippen molar-refractivity contribution in [3.8, 4) is 11.3 Å². The summed E-state index contributed by atoms with van der Waals surface area (Å²) >= 11 is 1.89. The summed E-state index contributed by atoms with van der Waals surface area (Å²) in [6.45, 7) is 24.0. The average Bonchev–Trinajstić information content (AvgIpc) is 3.42. The summed E-state index contributed by atoms with van der Waals surface area (Å²) in [4.78, 5) is 11.7. The Morgan fingerprint density at radius 1 is 0.875 bits per heavy atom. The second kappa shape index (κ2) is 16.5. The molecule has 5 aromatic rings. The minimum atomic E-state index is 0. The van der Waals surface area contributed by atoms with Gasteiger partial charge in [0.05, 0.1) is 17.6 Å². The number of allylic oxidation sites excluding steroid dienone is 2. The molecule has 3 nitrogen and oxygen atoms in total. The van der Waals surface area contributed by atoms with Gasteiger partial charge in [-0.05, 0) is 72.4 Å². The van der Waals surface area contributed by atoms with Crippen molar-refractivity contribution < 1.29 is 34.6 Å². The van der Waals surface area contributed by atoms with E-state index in [1.165, 1.54) is 59.3 Å². The molecule has 48 heavy (non-hydrogen) atoms. The molecule has 3 aromatic carbocycles. The van der Waals surface area contributed by atoms with E-state index < -0.39 is 0 Å². The number of nitrogens with zero attached hydrogens (tertiary/aromatic N) is 1. The molecule has 0 aliphatic rings. The molecular weight excluding hydrogens is 787 g/mol. The van der Waals surface area contributed by atoms with Gasteiger partial charge in [0.25, 0.3) is 0 Å². The molecule has 5 rings (SSSR count). The molecule has 0 unspecified atom stereocenters. The monoisotopic (exact) mass is 841 g/mol. The first-order valence-electron chi connectivity index (χ1n) is 17.4. The summed E-state index contributed by atoms with van der Waals surface area (Å²) in [5.74, 6) is 0.547. The zero-order valence-corrected chi connectivity index (χ0v) is 33.6. The molecule has 259 valence electrons. The number of aryl methyl sites for hydroxylation is 2. The second-order valence-electron chi connectivity index (χ2n) is 13.8. The fraction of sp³-hybridized carbons (Fsp3) is 0.395. The first kappa shape index (κ1) is 39.3. The summed E-state index contributed by atoms with van der Waals surface area (Å²) < 4.78 is 4.70. The van der Waals surface area contributed by atoms with Crippen LogP contribution in [0.3, 0.4) is 0 Å². The largest absolute Gasteiger partial charge is 0.512 e. The Balaban J connectivity index is 0.000000334. The van der Waals surface area contributed by atoms with Crippen LogP contribution in [0.15, 0.2) is 66.6 Å². The molecule has 0 spiro atoms. The second-order valence-corrected chi connectivity index (χ2v) is 14.8. The average molecular weight is 841 g/mol. The summed E-state index contributed by atoms with van der Waals surface area (Å²) in [6, 6.07) is 17.8. The van der Waals surface area contributed by atoms with Gasteiger partial charge in [-0.1, -0.05) is 96.7 Å². The maximum absolute atomic E-state index is 11.7. The number of thiophene rings is 1. The maximum atomic E-state index is 11.7. The van der Waals surface area contributed by atoms with E-state index in [1.54, 1.807) is 0 Å². The molecule has 0 aliphatic heterocycles. The third kappa shape index (κ3) is 7.85. The minimum Gasteiger partial charge on any atom is -0.512 e. The van der Waals surface area contributed by atoms with Gasteiger partial charge < -0.3 is 9.67 Å². The number of benzene rings is 3. The van der Waals surface area contributed by atoms with Crippen LogP contribution in [0, 0.1) is 32.7 Å². The Kier molecular flexibility index (Phi) is 13.5. The zero-order chi connectivity index (χ0) is 34.6. The molecular formula is C43H54IrNO2S-. The quantitative estimate of drug-likeness (QED) is 0.0695. The Labute approximate surface area is 306 Å². The smallest absolute Gasteiger partial charge is 0.162 e. The normalized spacial score (nSPS) is 12.1. The first-order chi connectivity index (χ1) is 22.3. The van der Waals surface area contributed by atoms with Gasteiger partial charge in [-0.3, -0.25) is 4.79 Å². The number of hydrogen-bond acceptors (Lipinski definition) is 3. The molecule has 0 saturated heterocycles. The molecule has 0 aliphatic carbocycles. The molecule has 0 saturated carbocycles. The van der Waals surface area contributed by atoms with Crippen LogP contribution in [0.25, 0.3) is 42.2 Å². The third-order valence-corrected chi connectivity index (χ3v) is 11.2. The van der Waals surface area contributed by atoms with E-state index in [-0.39, 0.29) is 48.9 Å². The van der Waals surface area contributed by atoms with Gasteiger partial charge in [-0.15, -0.1) is 34.4 Å². The third-order valence-electron chi connectivity index (χ3n) is 9.86. The van der Waals surface area contributed by atoms with Crippen LogP contribution in [0.1, 0.15) is 103 Å². The molecule has 2 aromatic heterocycles. The maximum Gasteiger partial charge on any atom is 0.162 e. The van der Waals surface area contributed by atoms with Crippen molar-refractivity contribution in [1.82, 2.24) is 0 Å². The van der Waals surface area contributed by atoms with Crippen molar-refractivity contribution in [3.63, 3.8) is 0 Å². The predicted molar refractivity (Wildman–Crippen MR) is 204 cm³/mol. The van der Waals surface area contributed by atoms with Crippen molar-refractivity contribution in [3.05, 3.63) is 103 Å². The van der Waals surface area contributed by atoms with Crippen molar-refractivity contribution in [2.75, 3.05) is 0 Å². The molecule has 0 fully saturated rings. The van der Waals surface area contributed by atoms with E-state index in [0.717, 1.165) is 43.4 Å². The van der Waals surface area contributed by atoms with Crippen LogP contribution in [0.4, 0.5) is 0 Å². The first-order valence-corrected chi connectivity index (χ1v) is 18.2. The topological polar surface area (TPSA) is 41.2 Å².